The third kappa shape index (κ3) is 3.64. The van der Waals surface area contributed by atoms with E-state index in [-0.39, 0.29) is 17.1 Å². The quantitative estimate of drug-likeness (QED) is 0.562. The first-order valence-electron chi connectivity index (χ1n) is 5.16. The van der Waals surface area contributed by atoms with E-state index in [1.54, 1.807) is 0 Å². The van der Waals surface area contributed by atoms with Crippen LogP contribution in [0.4, 0.5) is 10.1 Å². The molecule has 0 aromatic heterocycles. The first-order chi connectivity index (χ1) is 8.40. The summed E-state index contributed by atoms with van der Waals surface area (Å²) in [5, 5.41) is 20.3. The van der Waals surface area contributed by atoms with Gasteiger partial charge in [-0.15, -0.1) is 0 Å². The predicted molar refractivity (Wildman–Crippen MR) is 64.2 cm³/mol. The first-order valence-corrected chi connectivity index (χ1v) is 6.65. The SMILES string of the molecule is CNS(=O)(=O)c1ccc(F)c(NCC(O)CO)c1. The third-order valence-corrected chi connectivity index (χ3v) is 3.67. The molecule has 4 N–H and O–H groups in total. The molecule has 0 aliphatic rings. The van der Waals surface area contributed by atoms with Gasteiger partial charge in [-0.1, -0.05) is 0 Å². The van der Waals surface area contributed by atoms with Crippen LogP contribution in [0.15, 0.2) is 23.1 Å². The Morgan fingerprint density at radius 1 is 1.44 bits per heavy atom. The van der Waals surface area contributed by atoms with Crippen molar-refractivity contribution in [1.82, 2.24) is 4.72 Å². The molecule has 1 aromatic rings. The minimum atomic E-state index is -3.65. The fourth-order valence-electron chi connectivity index (χ4n) is 1.22. The van der Waals surface area contributed by atoms with E-state index in [9.17, 15) is 12.8 Å². The van der Waals surface area contributed by atoms with Gasteiger partial charge in [0.1, 0.15) is 5.82 Å². The van der Waals surface area contributed by atoms with Crippen molar-refractivity contribution in [3.63, 3.8) is 0 Å². The molecule has 0 amide bonds. The van der Waals surface area contributed by atoms with Crippen molar-refractivity contribution in [1.29, 1.82) is 0 Å². The molecule has 18 heavy (non-hydrogen) atoms. The number of aliphatic hydroxyl groups excluding tert-OH is 2. The van der Waals surface area contributed by atoms with Crippen LogP contribution >= 0.6 is 0 Å². The molecule has 0 fully saturated rings. The van der Waals surface area contributed by atoms with E-state index in [0.29, 0.717) is 0 Å². The fraction of sp³-hybridized carbons (Fsp3) is 0.400. The summed E-state index contributed by atoms with van der Waals surface area (Å²) in [5.41, 5.74) is -0.0566. The van der Waals surface area contributed by atoms with E-state index in [1.165, 1.54) is 7.05 Å². The van der Waals surface area contributed by atoms with Gasteiger partial charge in [-0.05, 0) is 25.2 Å². The number of sulfonamides is 1. The highest BCUT2D eigenvalue weighted by molar-refractivity contribution is 7.89. The second kappa shape index (κ2) is 6.10. The largest absolute Gasteiger partial charge is 0.394 e. The lowest BCUT2D eigenvalue weighted by Crippen LogP contribution is -2.24. The molecule has 0 saturated heterocycles. The lowest BCUT2D eigenvalue weighted by Gasteiger charge is -2.12. The van der Waals surface area contributed by atoms with Gasteiger partial charge >= 0.3 is 0 Å². The van der Waals surface area contributed by atoms with Crippen molar-refractivity contribution >= 4 is 15.7 Å². The minimum absolute atomic E-state index is 0.0566. The summed E-state index contributed by atoms with van der Waals surface area (Å²) in [7, 11) is -2.40. The summed E-state index contributed by atoms with van der Waals surface area (Å²) < 4.78 is 38.5. The number of rotatable bonds is 6. The van der Waals surface area contributed by atoms with Gasteiger partial charge in [-0.2, -0.15) is 0 Å². The van der Waals surface area contributed by atoms with Crippen molar-refractivity contribution in [2.45, 2.75) is 11.0 Å². The molecule has 1 aromatic carbocycles. The van der Waals surface area contributed by atoms with Crippen molar-refractivity contribution in [2.24, 2.45) is 0 Å². The Labute approximate surface area is 105 Å². The van der Waals surface area contributed by atoms with Crippen molar-refractivity contribution in [3.05, 3.63) is 24.0 Å². The smallest absolute Gasteiger partial charge is 0.240 e. The summed E-state index contributed by atoms with van der Waals surface area (Å²) in [6.07, 6.45) is -1.05. The topological polar surface area (TPSA) is 98.7 Å². The number of hydrogen-bond donors (Lipinski definition) is 4. The van der Waals surface area contributed by atoms with Crippen LogP contribution in [0.25, 0.3) is 0 Å². The van der Waals surface area contributed by atoms with E-state index in [1.807, 2.05) is 0 Å². The van der Waals surface area contributed by atoms with Crippen molar-refractivity contribution < 1.29 is 23.0 Å². The van der Waals surface area contributed by atoms with E-state index in [4.69, 9.17) is 10.2 Å². The highest BCUT2D eigenvalue weighted by Gasteiger charge is 2.14. The van der Waals surface area contributed by atoms with E-state index < -0.39 is 28.6 Å². The van der Waals surface area contributed by atoms with Crippen LogP contribution in [0.5, 0.6) is 0 Å². The molecule has 1 unspecified atom stereocenters. The number of hydrogen-bond acceptors (Lipinski definition) is 5. The summed E-state index contributed by atoms with van der Waals surface area (Å²) in [6, 6.07) is 3.26. The predicted octanol–water partition coefficient (Wildman–Crippen LogP) is -0.501. The highest BCUT2D eigenvalue weighted by atomic mass is 32.2. The standard InChI is InChI=1S/C10H15FN2O4S/c1-12-18(16,17)8-2-3-9(11)10(4-8)13-5-7(15)6-14/h2-4,7,12-15H,5-6H2,1H3. The Balaban J connectivity index is 2.95. The Morgan fingerprint density at radius 3 is 2.67 bits per heavy atom. The number of benzene rings is 1. The maximum Gasteiger partial charge on any atom is 0.240 e. The fourth-order valence-corrected chi connectivity index (χ4v) is 1.97. The number of nitrogens with one attached hydrogen (secondary N) is 2. The van der Waals surface area contributed by atoms with Gasteiger partial charge in [0, 0.05) is 6.54 Å². The van der Waals surface area contributed by atoms with Gasteiger partial charge in [0.25, 0.3) is 0 Å². The number of halogens is 1. The van der Waals surface area contributed by atoms with Gasteiger partial charge in [-0.25, -0.2) is 17.5 Å². The average molecular weight is 278 g/mol. The molecule has 0 radical (unpaired) electrons. The van der Waals surface area contributed by atoms with Crippen molar-refractivity contribution in [3.8, 4) is 0 Å². The Kier molecular flexibility index (Phi) is 5.03. The molecule has 0 bridgehead atoms. The molecule has 1 rings (SSSR count). The second-order valence-corrected chi connectivity index (χ2v) is 5.45. The molecule has 0 heterocycles. The Bertz CT molecular complexity index is 507. The second-order valence-electron chi connectivity index (χ2n) is 3.57. The molecule has 6 nitrogen and oxygen atoms in total. The lowest BCUT2D eigenvalue weighted by molar-refractivity contribution is 0.105. The monoisotopic (exact) mass is 278 g/mol. The van der Waals surface area contributed by atoms with Gasteiger partial charge in [0.15, 0.2) is 0 Å². The van der Waals surface area contributed by atoms with Gasteiger partial charge in [0.2, 0.25) is 10.0 Å². The molecular formula is C10H15FN2O4S. The van der Waals surface area contributed by atoms with E-state index >= 15 is 0 Å². The molecule has 8 heteroatoms. The molecule has 102 valence electrons. The van der Waals surface area contributed by atoms with E-state index in [0.717, 1.165) is 18.2 Å². The zero-order valence-corrected chi connectivity index (χ0v) is 10.5. The molecule has 0 saturated carbocycles. The molecule has 1 atom stereocenters. The van der Waals surface area contributed by atoms with Crippen molar-refractivity contribution in [2.75, 3.05) is 25.5 Å². The number of aliphatic hydroxyl groups is 2. The van der Waals surface area contributed by atoms with Gasteiger partial charge < -0.3 is 15.5 Å². The molecular weight excluding hydrogens is 263 g/mol. The molecule has 0 aliphatic carbocycles. The minimum Gasteiger partial charge on any atom is -0.394 e. The van der Waals surface area contributed by atoms with Crippen LogP contribution in [-0.2, 0) is 10.0 Å². The Hall–Kier alpha value is -1.22. The van der Waals surface area contributed by atoms with Gasteiger partial charge in [-0.3, -0.25) is 0 Å². The zero-order valence-electron chi connectivity index (χ0n) is 9.72. The maximum absolute atomic E-state index is 13.4. The van der Waals surface area contributed by atoms with Crippen LogP contribution in [0.3, 0.4) is 0 Å². The lowest BCUT2D eigenvalue weighted by atomic mass is 10.3. The van der Waals surface area contributed by atoms with Crippen LogP contribution in [0.2, 0.25) is 0 Å². The normalized spacial score (nSPS) is 13.3. The molecule has 0 spiro atoms. The average Bonchev–Trinajstić information content (AvgIpc) is 2.37. The van der Waals surface area contributed by atoms with Crippen LogP contribution in [0, 0.1) is 5.82 Å². The highest BCUT2D eigenvalue weighted by Crippen LogP contribution is 2.19. The summed E-state index contributed by atoms with van der Waals surface area (Å²) >= 11 is 0. The zero-order chi connectivity index (χ0) is 13.8. The van der Waals surface area contributed by atoms with E-state index in [2.05, 4.69) is 10.0 Å². The Morgan fingerprint density at radius 2 is 2.11 bits per heavy atom. The van der Waals surface area contributed by atoms with Gasteiger partial charge in [0.05, 0.1) is 23.3 Å². The summed E-state index contributed by atoms with van der Waals surface area (Å²) in [5.74, 6) is -0.643. The summed E-state index contributed by atoms with van der Waals surface area (Å²) in [6.45, 7) is -0.556. The van der Waals surface area contributed by atoms with Crippen LogP contribution < -0.4 is 10.0 Å². The number of anilines is 1. The third-order valence-electron chi connectivity index (χ3n) is 2.26. The summed E-state index contributed by atoms with van der Waals surface area (Å²) in [4.78, 5) is -0.0904. The first kappa shape index (κ1) is 14.8. The molecule has 0 aliphatic heterocycles. The van der Waals surface area contributed by atoms with Crippen LogP contribution in [-0.4, -0.2) is 44.9 Å². The maximum atomic E-state index is 13.4. The van der Waals surface area contributed by atoms with Crippen LogP contribution in [0.1, 0.15) is 0 Å².